The zero-order valence-corrected chi connectivity index (χ0v) is 15.8. The maximum atomic E-state index is 12.5. The predicted molar refractivity (Wildman–Crippen MR) is 103 cm³/mol. The fraction of sp³-hybridized carbons (Fsp3) is 0.421. The molecule has 10 heteroatoms. The Balaban J connectivity index is 1.26. The third-order valence-electron chi connectivity index (χ3n) is 5.18. The first-order valence-electron chi connectivity index (χ1n) is 9.63. The van der Waals surface area contributed by atoms with Crippen LogP contribution in [0.25, 0.3) is 5.65 Å². The predicted octanol–water partition coefficient (Wildman–Crippen LogP) is 0.00160. The third kappa shape index (κ3) is 4.43. The summed E-state index contributed by atoms with van der Waals surface area (Å²) in [6, 6.07) is 4.67. The van der Waals surface area contributed by atoms with E-state index in [1.54, 1.807) is 29.0 Å². The molecule has 3 aromatic rings. The maximum absolute atomic E-state index is 12.5. The van der Waals surface area contributed by atoms with Crippen LogP contribution in [0.5, 0.6) is 0 Å². The van der Waals surface area contributed by atoms with Crippen LogP contribution in [-0.2, 0) is 11.3 Å². The van der Waals surface area contributed by atoms with Crippen molar-refractivity contribution in [3.05, 3.63) is 48.7 Å². The molecule has 3 N–H and O–H groups in total. The van der Waals surface area contributed by atoms with Gasteiger partial charge in [-0.05, 0) is 37.5 Å². The second-order valence-electron chi connectivity index (χ2n) is 7.21. The highest BCUT2D eigenvalue weighted by molar-refractivity contribution is 5.95. The number of rotatable bonds is 7. The Morgan fingerprint density at radius 3 is 2.97 bits per heavy atom. The minimum Gasteiger partial charge on any atom is -0.391 e. The molecule has 4 rings (SSSR count). The van der Waals surface area contributed by atoms with Crippen LogP contribution in [0.1, 0.15) is 29.6 Å². The van der Waals surface area contributed by atoms with Gasteiger partial charge in [0.25, 0.3) is 5.91 Å². The number of nitrogens with zero attached hydrogens (tertiary/aromatic N) is 5. The molecule has 0 spiro atoms. The lowest BCUT2D eigenvalue weighted by molar-refractivity contribution is -0.125. The summed E-state index contributed by atoms with van der Waals surface area (Å²) >= 11 is 0. The van der Waals surface area contributed by atoms with E-state index in [0.717, 1.165) is 13.0 Å². The molecule has 29 heavy (non-hydrogen) atoms. The van der Waals surface area contributed by atoms with Crippen molar-refractivity contribution in [1.82, 2.24) is 35.0 Å². The van der Waals surface area contributed by atoms with Gasteiger partial charge in [0.15, 0.2) is 5.65 Å². The zero-order chi connectivity index (χ0) is 20.2. The molecule has 2 amide bonds. The second-order valence-corrected chi connectivity index (χ2v) is 7.21. The molecule has 0 aromatic carbocycles. The summed E-state index contributed by atoms with van der Waals surface area (Å²) in [7, 11) is 0. The Hall–Kier alpha value is -3.27. The highest BCUT2D eigenvalue weighted by Crippen LogP contribution is 2.26. The quantitative estimate of drug-likeness (QED) is 0.482. The van der Waals surface area contributed by atoms with Crippen LogP contribution >= 0.6 is 0 Å². The van der Waals surface area contributed by atoms with Gasteiger partial charge >= 0.3 is 0 Å². The van der Waals surface area contributed by atoms with E-state index >= 15 is 0 Å². The van der Waals surface area contributed by atoms with E-state index < -0.39 is 12.1 Å². The van der Waals surface area contributed by atoms with Crippen LogP contribution in [0.4, 0.5) is 0 Å². The molecule has 152 valence electrons. The maximum Gasteiger partial charge on any atom is 0.251 e. The summed E-state index contributed by atoms with van der Waals surface area (Å²) in [6.45, 7) is 1.27. The molecule has 1 saturated carbocycles. The van der Waals surface area contributed by atoms with Gasteiger partial charge in [-0.1, -0.05) is 0 Å². The van der Waals surface area contributed by atoms with Gasteiger partial charge < -0.3 is 15.7 Å². The Labute approximate surface area is 166 Å². The van der Waals surface area contributed by atoms with Crippen molar-refractivity contribution in [3.63, 3.8) is 0 Å². The molecule has 3 aromatic heterocycles. The number of carbonyl (C=O) groups is 2. The fourth-order valence-corrected chi connectivity index (χ4v) is 3.62. The molecule has 0 unspecified atom stereocenters. The van der Waals surface area contributed by atoms with Crippen LogP contribution in [0.3, 0.4) is 0 Å². The molecule has 3 heterocycles. The Bertz CT molecular complexity index is 985. The SMILES string of the molecule is O=C(N[C@H]1C[C@H](C(=O)NCCCn2cccn2)C[C@@H]1O)c1ccn2ncnc2c1. The minimum atomic E-state index is -0.754. The zero-order valence-electron chi connectivity index (χ0n) is 15.8. The lowest BCUT2D eigenvalue weighted by Crippen LogP contribution is -2.40. The molecular formula is C19H23N7O3. The van der Waals surface area contributed by atoms with Gasteiger partial charge in [-0.3, -0.25) is 14.3 Å². The summed E-state index contributed by atoms with van der Waals surface area (Å²) in [5.74, 6) is -0.718. The molecule has 0 bridgehead atoms. The molecule has 0 aliphatic heterocycles. The monoisotopic (exact) mass is 397 g/mol. The molecule has 1 aliphatic carbocycles. The van der Waals surface area contributed by atoms with Crippen molar-refractivity contribution in [1.29, 1.82) is 0 Å². The highest BCUT2D eigenvalue weighted by Gasteiger charge is 2.37. The van der Waals surface area contributed by atoms with Crippen molar-refractivity contribution in [2.24, 2.45) is 5.92 Å². The molecule has 10 nitrogen and oxygen atoms in total. The van der Waals surface area contributed by atoms with Crippen molar-refractivity contribution < 1.29 is 14.7 Å². The summed E-state index contributed by atoms with van der Waals surface area (Å²) in [6.07, 6.45) is 7.42. The van der Waals surface area contributed by atoms with Crippen molar-refractivity contribution in [3.8, 4) is 0 Å². The number of hydrogen-bond donors (Lipinski definition) is 3. The first-order chi connectivity index (χ1) is 14.1. The number of aliphatic hydroxyl groups excluding tert-OH is 1. The van der Waals surface area contributed by atoms with E-state index in [1.807, 2.05) is 16.9 Å². The first kappa shape index (κ1) is 19.1. The molecule has 1 fully saturated rings. The van der Waals surface area contributed by atoms with Gasteiger partial charge in [0, 0.05) is 43.2 Å². The molecule has 1 aliphatic rings. The van der Waals surface area contributed by atoms with E-state index in [2.05, 4.69) is 25.8 Å². The molecule has 0 saturated heterocycles. The highest BCUT2D eigenvalue weighted by atomic mass is 16.3. The van der Waals surface area contributed by atoms with E-state index in [9.17, 15) is 14.7 Å². The number of aryl methyl sites for hydroxylation is 1. The molecular weight excluding hydrogens is 374 g/mol. The fourth-order valence-electron chi connectivity index (χ4n) is 3.62. The van der Waals surface area contributed by atoms with E-state index in [4.69, 9.17) is 0 Å². The van der Waals surface area contributed by atoms with Gasteiger partial charge in [-0.25, -0.2) is 9.50 Å². The first-order valence-corrected chi connectivity index (χ1v) is 9.63. The van der Waals surface area contributed by atoms with Crippen LogP contribution < -0.4 is 10.6 Å². The topological polar surface area (TPSA) is 126 Å². The summed E-state index contributed by atoms with van der Waals surface area (Å²) in [5.41, 5.74) is 1.00. The van der Waals surface area contributed by atoms with Crippen LogP contribution in [0.15, 0.2) is 43.1 Å². The number of carbonyl (C=O) groups excluding carboxylic acids is 2. The van der Waals surface area contributed by atoms with Crippen LogP contribution in [-0.4, -0.2) is 60.0 Å². The number of aliphatic hydroxyl groups is 1. The van der Waals surface area contributed by atoms with Gasteiger partial charge in [0.05, 0.1) is 12.1 Å². The molecule has 0 radical (unpaired) electrons. The average molecular weight is 397 g/mol. The minimum absolute atomic E-state index is 0.0915. The van der Waals surface area contributed by atoms with Crippen molar-refractivity contribution in [2.75, 3.05) is 6.54 Å². The number of nitrogens with one attached hydrogen (secondary N) is 2. The van der Waals surface area contributed by atoms with Crippen LogP contribution in [0, 0.1) is 5.92 Å². The number of amides is 2. The standard InChI is InChI=1S/C19H23N7O3/c27-16-10-14(18(28)20-4-1-6-25-7-2-5-22-25)9-15(16)24-19(29)13-3-8-26-17(11-13)21-12-23-26/h2-3,5,7-8,11-12,14-16,27H,1,4,6,9-10H2,(H,20,28)(H,24,29)/t14-,15-,16-/m0/s1. The average Bonchev–Trinajstić information content (AvgIpc) is 3.46. The summed E-state index contributed by atoms with van der Waals surface area (Å²) in [4.78, 5) is 29.0. The van der Waals surface area contributed by atoms with Crippen LogP contribution in [0.2, 0.25) is 0 Å². The van der Waals surface area contributed by atoms with Crippen molar-refractivity contribution in [2.45, 2.75) is 38.0 Å². The molecule has 3 atom stereocenters. The lowest BCUT2D eigenvalue weighted by atomic mass is 10.1. The number of fused-ring (bicyclic) bond motifs is 1. The van der Waals surface area contributed by atoms with E-state index in [0.29, 0.717) is 30.6 Å². The largest absolute Gasteiger partial charge is 0.391 e. The smallest absolute Gasteiger partial charge is 0.251 e. The number of aromatic nitrogens is 5. The van der Waals surface area contributed by atoms with Gasteiger partial charge in [-0.15, -0.1) is 0 Å². The Kier molecular flexibility index (Phi) is 5.52. The van der Waals surface area contributed by atoms with Gasteiger partial charge in [0.1, 0.15) is 6.33 Å². The lowest BCUT2D eigenvalue weighted by Gasteiger charge is -2.16. The van der Waals surface area contributed by atoms with E-state index in [1.165, 1.54) is 6.33 Å². The Morgan fingerprint density at radius 2 is 2.14 bits per heavy atom. The Morgan fingerprint density at radius 1 is 1.24 bits per heavy atom. The third-order valence-corrected chi connectivity index (χ3v) is 5.18. The summed E-state index contributed by atoms with van der Waals surface area (Å²) in [5, 5.41) is 24.2. The van der Waals surface area contributed by atoms with E-state index in [-0.39, 0.29) is 17.7 Å². The summed E-state index contributed by atoms with van der Waals surface area (Å²) < 4.78 is 3.38. The van der Waals surface area contributed by atoms with Crippen molar-refractivity contribution >= 4 is 17.5 Å². The normalized spacial score (nSPS) is 21.3. The van der Waals surface area contributed by atoms with Gasteiger partial charge in [-0.2, -0.15) is 10.2 Å². The van der Waals surface area contributed by atoms with Gasteiger partial charge in [0.2, 0.25) is 5.91 Å². The number of hydrogen-bond acceptors (Lipinski definition) is 6. The number of pyridine rings is 1. The second kappa shape index (κ2) is 8.39.